The molecule has 0 bridgehead atoms. The Hall–Kier alpha value is -1.30. The average molecular weight is 214 g/mol. The SMILES string of the molecule is COCC(=O)N1CCN2C(=O)OC[C@H]2C1. The van der Waals surface area contributed by atoms with E-state index in [0.29, 0.717) is 26.2 Å². The average Bonchev–Trinajstić information content (AvgIpc) is 2.60. The largest absolute Gasteiger partial charge is 0.447 e. The molecule has 2 aliphatic heterocycles. The molecule has 0 saturated carbocycles. The number of cyclic esters (lactones) is 1. The second kappa shape index (κ2) is 4.06. The van der Waals surface area contributed by atoms with E-state index in [2.05, 4.69) is 0 Å². The van der Waals surface area contributed by atoms with E-state index in [1.165, 1.54) is 7.11 Å². The fourth-order valence-corrected chi connectivity index (χ4v) is 1.93. The van der Waals surface area contributed by atoms with Gasteiger partial charge in [0.25, 0.3) is 0 Å². The van der Waals surface area contributed by atoms with Crippen LogP contribution in [0.25, 0.3) is 0 Å². The van der Waals surface area contributed by atoms with Crippen LogP contribution < -0.4 is 0 Å². The zero-order valence-electron chi connectivity index (χ0n) is 8.64. The normalized spacial score (nSPS) is 25.1. The van der Waals surface area contributed by atoms with Crippen molar-refractivity contribution in [3.8, 4) is 0 Å². The van der Waals surface area contributed by atoms with Crippen LogP contribution in [0.5, 0.6) is 0 Å². The second-order valence-corrected chi connectivity index (χ2v) is 3.70. The third kappa shape index (κ3) is 1.90. The van der Waals surface area contributed by atoms with Crippen molar-refractivity contribution in [1.29, 1.82) is 0 Å². The number of fused-ring (bicyclic) bond motifs is 1. The van der Waals surface area contributed by atoms with Crippen molar-refractivity contribution < 1.29 is 19.1 Å². The number of methoxy groups -OCH3 is 1. The van der Waals surface area contributed by atoms with Crippen molar-refractivity contribution >= 4 is 12.0 Å². The summed E-state index contributed by atoms with van der Waals surface area (Å²) in [6.07, 6.45) is -0.265. The van der Waals surface area contributed by atoms with E-state index in [0.717, 1.165) is 0 Å². The van der Waals surface area contributed by atoms with E-state index in [1.54, 1.807) is 9.80 Å². The molecule has 0 aromatic heterocycles. The first-order valence-electron chi connectivity index (χ1n) is 4.92. The maximum Gasteiger partial charge on any atom is 0.410 e. The minimum atomic E-state index is -0.265. The maximum absolute atomic E-state index is 11.5. The van der Waals surface area contributed by atoms with Gasteiger partial charge in [0.05, 0.1) is 6.04 Å². The minimum Gasteiger partial charge on any atom is -0.447 e. The molecule has 0 N–H and O–H groups in total. The Kier molecular flexibility index (Phi) is 2.77. The Balaban J connectivity index is 1.93. The number of hydrogen-bond donors (Lipinski definition) is 0. The van der Waals surface area contributed by atoms with E-state index in [9.17, 15) is 9.59 Å². The van der Waals surface area contributed by atoms with Gasteiger partial charge in [0.2, 0.25) is 5.91 Å². The van der Waals surface area contributed by atoms with Crippen LogP contribution in [-0.4, -0.2) is 67.8 Å². The van der Waals surface area contributed by atoms with Gasteiger partial charge < -0.3 is 14.4 Å². The molecule has 1 atom stereocenters. The lowest BCUT2D eigenvalue weighted by molar-refractivity contribution is -0.137. The third-order valence-corrected chi connectivity index (χ3v) is 2.74. The molecule has 2 heterocycles. The molecule has 6 nitrogen and oxygen atoms in total. The summed E-state index contributed by atoms with van der Waals surface area (Å²) in [5.41, 5.74) is 0. The van der Waals surface area contributed by atoms with Gasteiger partial charge in [-0.05, 0) is 0 Å². The number of amides is 2. The lowest BCUT2D eigenvalue weighted by atomic mass is 10.2. The molecule has 2 fully saturated rings. The quantitative estimate of drug-likeness (QED) is 0.609. The number of carbonyl (C=O) groups is 2. The number of carbonyl (C=O) groups excluding carboxylic acids is 2. The highest BCUT2D eigenvalue weighted by Crippen LogP contribution is 2.17. The number of rotatable bonds is 2. The maximum atomic E-state index is 11.5. The monoisotopic (exact) mass is 214 g/mol. The highest BCUT2D eigenvalue weighted by atomic mass is 16.6. The summed E-state index contributed by atoms with van der Waals surface area (Å²) in [6, 6.07) is 0.0204. The van der Waals surface area contributed by atoms with Crippen molar-refractivity contribution in [2.75, 3.05) is 40.0 Å². The van der Waals surface area contributed by atoms with Crippen LogP contribution in [0.2, 0.25) is 0 Å². The van der Waals surface area contributed by atoms with Gasteiger partial charge in [0.15, 0.2) is 0 Å². The highest BCUT2D eigenvalue weighted by Gasteiger charge is 2.38. The Morgan fingerprint density at radius 3 is 3.13 bits per heavy atom. The number of piperazine rings is 1. The fraction of sp³-hybridized carbons (Fsp3) is 0.778. The predicted molar refractivity (Wildman–Crippen MR) is 50.3 cm³/mol. The van der Waals surface area contributed by atoms with Gasteiger partial charge in [0.1, 0.15) is 13.2 Å². The zero-order chi connectivity index (χ0) is 10.8. The molecule has 0 aromatic rings. The fourth-order valence-electron chi connectivity index (χ4n) is 1.93. The van der Waals surface area contributed by atoms with Gasteiger partial charge in [-0.3, -0.25) is 9.69 Å². The topological polar surface area (TPSA) is 59.1 Å². The molecule has 0 radical (unpaired) electrons. The molecule has 2 aliphatic rings. The standard InChI is InChI=1S/C9H14N2O4/c1-14-6-8(12)10-2-3-11-7(4-10)5-15-9(11)13/h7H,2-6H2,1H3/t7-/m1/s1. The van der Waals surface area contributed by atoms with Gasteiger partial charge in [-0.25, -0.2) is 4.79 Å². The molecule has 2 amide bonds. The van der Waals surface area contributed by atoms with E-state index >= 15 is 0 Å². The van der Waals surface area contributed by atoms with Gasteiger partial charge in [0, 0.05) is 26.7 Å². The zero-order valence-corrected chi connectivity index (χ0v) is 8.64. The van der Waals surface area contributed by atoms with Crippen molar-refractivity contribution in [2.45, 2.75) is 6.04 Å². The van der Waals surface area contributed by atoms with Crippen molar-refractivity contribution in [3.63, 3.8) is 0 Å². The van der Waals surface area contributed by atoms with Gasteiger partial charge >= 0.3 is 6.09 Å². The van der Waals surface area contributed by atoms with E-state index in [4.69, 9.17) is 9.47 Å². The van der Waals surface area contributed by atoms with E-state index < -0.39 is 0 Å². The Morgan fingerprint density at radius 1 is 1.60 bits per heavy atom. The summed E-state index contributed by atoms with van der Waals surface area (Å²) in [6.45, 7) is 2.15. The Morgan fingerprint density at radius 2 is 2.40 bits per heavy atom. The first-order valence-corrected chi connectivity index (χ1v) is 4.92. The minimum absolute atomic E-state index is 0.0204. The van der Waals surface area contributed by atoms with Gasteiger partial charge in [-0.1, -0.05) is 0 Å². The summed E-state index contributed by atoms with van der Waals surface area (Å²) in [5.74, 6) is -0.0310. The molecular formula is C9H14N2O4. The van der Waals surface area contributed by atoms with Crippen LogP contribution >= 0.6 is 0 Å². The first-order chi connectivity index (χ1) is 7.22. The summed E-state index contributed by atoms with van der Waals surface area (Å²) in [4.78, 5) is 26.1. The first kappa shape index (κ1) is 10.2. The van der Waals surface area contributed by atoms with E-state index in [-0.39, 0.29) is 24.6 Å². The molecule has 0 aromatic carbocycles. The van der Waals surface area contributed by atoms with Crippen molar-refractivity contribution in [1.82, 2.24) is 9.80 Å². The number of ether oxygens (including phenoxy) is 2. The molecular weight excluding hydrogens is 200 g/mol. The highest BCUT2D eigenvalue weighted by molar-refractivity contribution is 5.78. The van der Waals surface area contributed by atoms with Crippen molar-refractivity contribution in [3.05, 3.63) is 0 Å². The third-order valence-electron chi connectivity index (χ3n) is 2.74. The molecule has 2 saturated heterocycles. The molecule has 2 rings (SSSR count). The van der Waals surface area contributed by atoms with Crippen LogP contribution in [0.15, 0.2) is 0 Å². The van der Waals surface area contributed by atoms with Crippen LogP contribution in [0, 0.1) is 0 Å². The summed E-state index contributed by atoms with van der Waals surface area (Å²) >= 11 is 0. The Labute approximate surface area is 87.7 Å². The molecule has 15 heavy (non-hydrogen) atoms. The van der Waals surface area contributed by atoms with Crippen LogP contribution in [0.3, 0.4) is 0 Å². The molecule has 0 spiro atoms. The molecule has 6 heteroatoms. The van der Waals surface area contributed by atoms with Crippen LogP contribution in [-0.2, 0) is 14.3 Å². The number of nitrogens with zero attached hydrogens (tertiary/aromatic N) is 2. The number of hydrogen-bond acceptors (Lipinski definition) is 4. The lowest BCUT2D eigenvalue weighted by Crippen LogP contribution is -2.54. The van der Waals surface area contributed by atoms with Crippen molar-refractivity contribution in [2.24, 2.45) is 0 Å². The summed E-state index contributed by atoms with van der Waals surface area (Å²) in [5, 5.41) is 0. The predicted octanol–water partition coefficient (Wildman–Crippen LogP) is -0.704. The summed E-state index contributed by atoms with van der Waals surface area (Å²) < 4.78 is 9.69. The molecule has 0 unspecified atom stereocenters. The Bertz CT molecular complexity index is 281. The second-order valence-electron chi connectivity index (χ2n) is 3.70. The smallest absolute Gasteiger partial charge is 0.410 e. The van der Waals surface area contributed by atoms with Crippen LogP contribution in [0.1, 0.15) is 0 Å². The molecule has 84 valence electrons. The molecule has 0 aliphatic carbocycles. The van der Waals surface area contributed by atoms with Gasteiger partial charge in [-0.15, -0.1) is 0 Å². The lowest BCUT2D eigenvalue weighted by Gasteiger charge is -2.35. The van der Waals surface area contributed by atoms with E-state index in [1.807, 2.05) is 0 Å². The summed E-state index contributed by atoms with van der Waals surface area (Å²) in [7, 11) is 1.50. The van der Waals surface area contributed by atoms with Crippen LogP contribution in [0.4, 0.5) is 4.79 Å². The van der Waals surface area contributed by atoms with Gasteiger partial charge in [-0.2, -0.15) is 0 Å².